The van der Waals surface area contributed by atoms with Crippen LogP contribution in [0.15, 0.2) is 46.9 Å². The second kappa shape index (κ2) is 13.4. The van der Waals surface area contributed by atoms with E-state index in [1.807, 2.05) is 30.3 Å². The standard InChI is InChI=1S/C21H27BrClNO.ClH/c1-2-3-4-5-6-13-24-15-18-9-12-21(20(22)14-18)25-16-17-7-10-19(23)11-8-17;/h7-12,14,24H,2-6,13,15-16H2,1H3;1H. The molecule has 0 aliphatic rings. The number of ether oxygens (including phenoxy) is 1. The number of nitrogens with one attached hydrogen (secondary N) is 1. The molecule has 2 nitrogen and oxygen atoms in total. The first-order chi connectivity index (χ1) is 12.2. The predicted octanol–water partition coefficient (Wildman–Crippen LogP) is 7.16. The minimum Gasteiger partial charge on any atom is -0.488 e. The molecule has 0 heterocycles. The van der Waals surface area contributed by atoms with E-state index in [4.69, 9.17) is 16.3 Å². The van der Waals surface area contributed by atoms with Gasteiger partial charge in [0.25, 0.3) is 0 Å². The van der Waals surface area contributed by atoms with Crippen molar-refractivity contribution in [3.8, 4) is 5.75 Å². The summed E-state index contributed by atoms with van der Waals surface area (Å²) in [4.78, 5) is 0. The Labute approximate surface area is 177 Å². The van der Waals surface area contributed by atoms with Gasteiger partial charge in [0.2, 0.25) is 0 Å². The highest BCUT2D eigenvalue weighted by Gasteiger charge is 2.04. The third-order valence-electron chi connectivity index (χ3n) is 4.09. The average molecular weight is 461 g/mol. The highest BCUT2D eigenvalue weighted by atomic mass is 79.9. The van der Waals surface area contributed by atoms with Gasteiger partial charge in [-0.3, -0.25) is 0 Å². The summed E-state index contributed by atoms with van der Waals surface area (Å²) in [5.41, 5.74) is 2.37. The van der Waals surface area contributed by atoms with Gasteiger partial charge in [0.1, 0.15) is 12.4 Å². The zero-order valence-corrected chi connectivity index (χ0v) is 18.4. The zero-order chi connectivity index (χ0) is 17.9. The molecule has 0 radical (unpaired) electrons. The summed E-state index contributed by atoms with van der Waals surface area (Å²) in [5, 5.41) is 4.26. The second-order valence-electron chi connectivity index (χ2n) is 6.27. The van der Waals surface area contributed by atoms with Crippen LogP contribution in [0.3, 0.4) is 0 Å². The lowest BCUT2D eigenvalue weighted by Crippen LogP contribution is -2.14. The topological polar surface area (TPSA) is 21.3 Å². The van der Waals surface area contributed by atoms with Gasteiger partial charge >= 0.3 is 0 Å². The maximum atomic E-state index is 5.90. The molecule has 0 unspecified atom stereocenters. The molecule has 2 rings (SSSR count). The molecule has 0 spiro atoms. The molecule has 5 heteroatoms. The molecule has 0 bridgehead atoms. The van der Waals surface area contributed by atoms with E-state index in [1.54, 1.807) is 0 Å². The van der Waals surface area contributed by atoms with Crippen molar-refractivity contribution in [1.82, 2.24) is 5.32 Å². The first-order valence-electron chi connectivity index (χ1n) is 9.05. The fraction of sp³-hybridized carbons (Fsp3) is 0.429. The first kappa shape index (κ1) is 23.3. The molecule has 0 aliphatic carbocycles. The molecule has 144 valence electrons. The van der Waals surface area contributed by atoms with E-state index >= 15 is 0 Å². The Balaban J connectivity index is 0.00000338. The van der Waals surface area contributed by atoms with Gasteiger partial charge in [0.05, 0.1) is 4.47 Å². The van der Waals surface area contributed by atoms with Crippen molar-refractivity contribution >= 4 is 39.9 Å². The van der Waals surface area contributed by atoms with Crippen molar-refractivity contribution < 1.29 is 4.74 Å². The Bertz CT molecular complexity index is 634. The molecule has 0 atom stereocenters. The number of unbranched alkanes of at least 4 members (excludes halogenated alkanes) is 4. The van der Waals surface area contributed by atoms with E-state index < -0.39 is 0 Å². The van der Waals surface area contributed by atoms with Crippen molar-refractivity contribution in [3.05, 3.63) is 63.1 Å². The molecular weight excluding hydrogens is 433 g/mol. The molecule has 0 saturated heterocycles. The van der Waals surface area contributed by atoms with Crippen molar-refractivity contribution in [2.24, 2.45) is 0 Å². The van der Waals surface area contributed by atoms with E-state index in [0.717, 1.165) is 33.9 Å². The zero-order valence-electron chi connectivity index (χ0n) is 15.3. The van der Waals surface area contributed by atoms with Gasteiger partial charge in [-0.25, -0.2) is 0 Å². The summed E-state index contributed by atoms with van der Waals surface area (Å²) in [6.45, 7) is 4.75. The number of benzene rings is 2. The lowest BCUT2D eigenvalue weighted by molar-refractivity contribution is 0.304. The fourth-order valence-corrected chi connectivity index (χ4v) is 3.27. The molecule has 2 aromatic rings. The monoisotopic (exact) mass is 459 g/mol. The summed E-state index contributed by atoms with van der Waals surface area (Å²) in [5.74, 6) is 0.860. The summed E-state index contributed by atoms with van der Waals surface area (Å²) in [7, 11) is 0. The molecule has 26 heavy (non-hydrogen) atoms. The van der Waals surface area contributed by atoms with E-state index in [0.29, 0.717) is 6.61 Å². The van der Waals surface area contributed by atoms with Crippen molar-refractivity contribution in [2.75, 3.05) is 6.54 Å². The molecule has 1 N–H and O–H groups in total. The van der Waals surface area contributed by atoms with Gasteiger partial charge in [-0.2, -0.15) is 0 Å². The number of rotatable bonds is 11. The van der Waals surface area contributed by atoms with Crippen molar-refractivity contribution in [3.63, 3.8) is 0 Å². The summed E-state index contributed by atoms with van der Waals surface area (Å²) < 4.78 is 6.88. The number of hydrogen-bond acceptors (Lipinski definition) is 2. The normalized spacial score (nSPS) is 10.4. The highest BCUT2D eigenvalue weighted by Crippen LogP contribution is 2.27. The maximum absolute atomic E-state index is 5.90. The van der Waals surface area contributed by atoms with E-state index in [2.05, 4.69) is 40.3 Å². The highest BCUT2D eigenvalue weighted by molar-refractivity contribution is 9.10. The third kappa shape index (κ3) is 8.77. The molecule has 0 saturated carbocycles. The maximum Gasteiger partial charge on any atom is 0.134 e. The van der Waals surface area contributed by atoms with Crippen LogP contribution >= 0.6 is 39.9 Å². The van der Waals surface area contributed by atoms with Crippen LogP contribution in [-0.2, 0) is 13.2 Å². The Kier molecular flexibility index (Phi) is 12.0. The summed E-state index contributed by atoms with van der Waals surface area (Å²) in [6.07, 6.45) is 6.58. The van der Waals surface area contributed by atoms with Crippen LogP contribution < -0.4 is 10.1 Å². The molecule has 0 aliphatic heterocycles. The van der Waals surface area contributed by atoms with Crippen LogP contribution in [0.5, 0.6) is 5.75 Å². The Morgan fingerprint density at radius 3 is 2.35 bits per heavy atom. The summed E-state index contributed by atoms with van der Waals surface area (Å²) in [6, 6.07) is 14.0. The largest absolute Gasteiger partial charge is 0.488 e. The number of hydrogen-bond donors (Lipinski definition) is 1. The molecule has 0 fully saturated rings. The van der Waals surface area contributed by atoms with Crippen LogP contribution in [0.4, 0.5) is 0 Å². The molecule has 2 aromatic carbocycles. The first-order valence-corrected chi connectivity index (χ1v) is 10.2. The van der Waals surface area contributed by atoms with Crippen LogP contribution in [-0.4, -0.2) is 6.54 Å². The average Bonchev–Trinajstić information content (AvgIpc) is 2.61. The van der Waals surface area contributed by atoms with Gasteiger partial charge in [-0.05, 0) is 64.3 Å². The van der Waals surface area contributed by atoms with Crippen LogP contribution in [0.2, 0.25) is 5.02 Å². The van der Waals surface area contributed by atoms with Crippen LogP contribution in [0.25, 0.3) is 0 Å². The predicted molar refractivity (Wildman–Crippen MR) is 118 cm³/mol. The summed E-state index contributed by atoms with van der Waals surface area (Å²) >= 11 is 9.51. The molecule has 0 amide bonds. The molecular formula is C21H28BrCl2NO. The van der Waals surface area contributed by atoms with Gasteiger partial charge in [-0.1, -0.05) is 62.4 Å². The van der Waals surface area contributed by atoms with Gasteiger partial charge in [0.15, 0.2) is 0 Å². The minimum absolute atomic E-state index is 0. The van der Waals surface area contributed by atoms with E-state index in [1.165, 1.54) is 37.7 Å². The Morgan fingerprint density at radius 2 is 1.65 bits per heavy atom. The van der Waals surface area contributed by atoms with Crippen molar-refractivity contribution in [1.29, 1.82) is 0 Å². The smallest absolute Gasteiger partial charge is 0.134 e. The van der Waals surface area contributed by atoms with Gasteiger partial charge in [-0.15, -0.1) is 12.4 Å². The fourth-order valence-electron chi connectivity index (χ4n) is 2.60. The Hall–Kier alpha value is -0.740. The third-order valence-corrected chi connectivity index (χ3v) is 4.96. The second-order valence-corrected chi connectivity index (χ2v) is 7.56. The number of halogens is 3. The lowest BCUT2D eigenvalue weighted by Gasteiger charge is -2.11. The Morgan fingerprint density at radius 1 is 0.962 bits per heavy atom. The van der Waals surface area contributed by atoms with E-state index in [-0.39, 0.29) is 12.4 Å². The molecule has 0 aromatic heterocycles. The quantitative estimate of drug-likeness (QED) is 0.359. The van der Waals surface area contributed by atoms with Crippen LogP contribution in [0.1, 0.15) is 50.2 Å². The van der Waals surface area contributed by atoms with Gasteiger partial charge < -0.3 is 10.1 Å². The minimum atomic E-state index is 0. The van der Waals surface area contributed by atoms with E-state index in [9.17, 15) is 0 Å². The van der Waals surface area contributed by atoms with Gasteiger partial charge in [0, 0.05) is 11.6 Å². The lowest BCUT2D eigenvalue weighted by atomic mass is 10.1. The van der Waals surface area contributed by atoms with Crippen LogP contribution in [0, 0.1) is 0 Å². The SMILES string of the molecule is CCCCCCCNCc1ccc(OCc2ccc(Cl)cc2)c(Br)c1.Cl. The van der Waals surface area contributed by atoms with Crippen molar-refractivity contribution in [2.45, 2.75) is 52.2 Å².